The molecule has 0 radical (unpaired) electrons. The summed E-state index contributed by atoms with van der Waals surface area (Å²) in [5, 5.41) is 2.42. The average Bonchev–Trinajstić information content (AvgIpc) is 2.18. The lowest BCUT2D eigenvalue weighted by Crippen LogP contribution is -1.99. The summed E-state index contributed by atoms with van der Waals surface area (Å²) in [6.07, 6.45) is 0. The van der Waals surface area contributed by atoms with Gasteiger partial charge in [0, 0.05) is 14.3 Å². The molecule has 1 aromatic heterocycles. The van der Waals surface area contributed by atoms with E-state index < -0.39 is 0 Å². The molecule has 2 nitrogen and oxygen atoms in total. The molecule has 0 bridgehead atoms. The number of nitrogens with two attached hydrogens (primary N) is 1. The smallest absolute Gasteiger partial charge is 0.124 e. The Balaban J connectivity index is 2.86. The van der Waals surface area contributed by atoms with Gasteiger partial charge >= 0.3 is 0 Å². The number of rotatable bonds is 1. The maximum absolute atomic E-state index is 5.82. The van der Waals surface area contributed by atoms with Crippen molar-refractivity contribution in [2.75, 3.05) is 5.73 Å². The monoisotopic (exact) mass is 312 g/mol. The summed E-state index contributed by atoms with van der Waals surface area (Å²) in [5.74, 6) is 1.00. The molecule has 2 rings (SSSR count). The van der Waals surface area contributed by atoms with Crippen molar-refractivity contribution in [3.8, 4) is 0 Å². The molecule has 78 valence electrons. The Morgan fingerprint density at radius 2 is 2.00 bits per heavy atom. The van der Waals surface area contributed by atoms with E-state index in [4.69, 9.17) is 5.73 Å². The summed E-state index contributed by atoms with van der Waals surface area (Å²) >= 11 is 2.33. The quantitative estimate of drug-likeness (QED) is 0.818. The van der Waals surface area contributed by atoms with Crippen LogP contribution in [0.2, 0.25) is 0 Å². The lowest BCUT2D eigenvalue weighted by molar-refractivity contribution is 0.837. The fourth-order valence-electron chi connectivity index (χ4n) is 1.73. The predicted octanol–water partition coefficient (Wildman–Crippen LogP) is 3.55. The number of anilines is 1. The van der Waals surface area contributed by atoms with Crippen LogP contribution in [0, 0.1) is 3.57 Å². The number of hydrogen-bond donors (Lipinski definition) is 1. The third kappa shape index (κ3) is 1.93. The highest BCUT2D eigenvalue weighted by Crippen LogP contribution is 2.28. The number of nitrogens with zero attached hydrogens (tertiary/aromatic N) is 1. The molecule has 15 heavy (non-hydrogen) atoms. The molecule has 0 unspecified atom stereocenters. The maximum Gasteiger partial charge on any atom is 0.124 e. The van der Waals surface area contributed by atoms with E-state index in [0.717, 1.165) is 5.69 Å². The van der Waals surface area contributed by atoms with Crippen LogP contribution in [0.1, 0.15) is 25.5 Å². The van der Waals surface area contributed by atoms with Crippen molar-refractivity contribution >= 4 is 39.2 Å². The number of aromatic nitrogens is 1. The first-order chi connectivity index (χ1) is 7.09. The number of nitrogen functional groups attached to an aromatic ring is 1. The van der Waals surface area contributed by atoms with Crippen LogP contribution >= 0.6 is 22.6 Å². The minimum Gasteiger partial charge on any atom is -0.384 e. The van der Waals surface area contributed by atoms with Crippen LogP contribution in [0.15, 0.2) is 24.3 Å². The highest BCUT2D eigenvalue weighted by Gasteiger charge is 2.09. The zero-order valence-corrected chi connectivity index (χ0v) is 10.9. The Morgan fingerprint density at radius 3 is 2.67 bits per heavy atom. The van der Waals surface area contributed by atoms with Gasteiger partial charge in [-0.1, -0.05) is 26.0 Å². The minimum atomic E-state index is 0.397. The summed E-state index contributed by atoms with van der Waals surface area (Å²) in [4.78, 5) is 4.42. The second-order valence-corrected chi connectivity index (χ2v) is 5.08. The molecule has 0 amide bonds. The van der Waals surface area contributed by atoms with Crippen LogP contribution in [0.4, 0.5) is 5.82 Å². The number of benzene rings is 1. The van der Waals surface area contributed by atoms with Crippen LogP contribution in [0.5, 0.6) is 0 Å². The van der Waals surface area contributed by atoms with Crippen molar-refractivity contribution < 1.29 is 0 Å². The van der Waals surface area contributed by atoms with Crippen molar-refractivity contribution in [1.29, 1.82) is 0 Å². The van der Waals surface area contributed by atoms with Gasteiger partial charge in [0.2, 0.25) is 0 Å². The third-order valence-corrected chi connectivity index (χ3v) is 3.36. The van der Waals surface area contributed by atoms with Crippen molar-refractivity contribution in [1.82, 2.24) is 4.98 Å². The molecule has 3 heteroatoms. The number of pyridine rings is 1. The van der Waals surface area contributed by atoms with E-state index in [1.807, 2.05) is 6.07 Å². The molecule has 2 aromatic rings. The highest BCUT2D eigenvalue weighted by atomic mass is 127. The second-order valence-electron chi connectivity index (χ2n) is 3.92. The molecule has 0 spiro atoms. The highest BCUT2D eigenvalue weighted by molar-refractivity contribution is 14.1. The first kappa shape index (κ1) is 10.7. The molecule has 0 aliphatic heterocycles. The van der Waals surface area contributed by atoms with E-state index in [-0.39, 0.29) is 0 Å². The number of halogens is 1. The Bertz CT molecular complexity index is 506. The largest absolute Gasteiger partial charge is 0.384 e. The van der Waals surface area contributed by atoms with Gasteiger partial charge in [-0.2, -0.15) is 0 Å². The van der Waals surface area contributed by atoms with Crippen molar-refractivity contribution in [2.45, 2.75) is 19.8 Å². The fourth-order valence-corrected chi connectivity index (χ4v) is 2.38. The zero-order valence-electron chi connectivity index (χ0n) is 8.79. The zero-order chi connectivity index (χ0) is 11.0. The molecule has 0 fully saturated rings. The molecule has 0 saturated carbocycles. The standard InChI is InChI=1S/C12H13IN2/c1-7(2)12-8-4-3-5-10(13)9(8)6-11(14)15-12/h3-7H,1-2H3,(H2,14,15). The number of fused-ring (bicyclic) bond motifs is 1. The van der Waals surface area contributed by atoms with E-state index >= 15 is 0 Å². The summed E-state index contributed by atoms with van der Waals surface area (Å²) in [6, 6.07) is 8.21. The Morgan fingerprint density at radius 1 is 1.27 bits per heavy atom. The second kappa shape index (κ2) is 3.96. The molecular formula is C12H13IN2. The molecule has 1 heterocycles. The van der Waals surface area contributed by atoms with E-state index in [1.165, 1.54) is 14.3 Å². The molecule has 0 atom stereocenters. The van der Waals surface area contributed by atoms with Gasteiger partial charge in [-0.15, -0.1) is 0 Å². The van der Waals surface area contributed by atoms with Crippen molar-refractivity contribution in [3.63, 3.8) is 0 Å². The van der Waals surface area contributed by atoms with Gasteiger partial charge in [-0.25, -0.2) is 4.98 Å². The van der Waals surface area contributed by atoms with Crippen LogP contribution in [-0.4, -0.2) is 4.98 Å². The van der Waals surface area contributed by atoms with Gasteiger partial charge in [0.1, 0.15) is 5.82 Å². The van der Waals surface area contributed by atoms with Gasteiger partial charge < -0.3 is 5.73 Å². The van der Waals surface area contributed by atoms with Gasteiger partial charge in [0.25, 0.3) is 0 Å². The third-order valence-electron chi connectivity index (χ3n) is 2.42. The Labute approximate surface area is 103 Å². The lowest BCUT2D eigenvalue weighted by atomic mass is 10.0. The normalized spacial score (nSPS) is 11.2. The SMILES string of the molecule is CC(C)c1nc(N)cc2c(I)cccc12. The maximum atomic E-state index is 5.82. The van der Waals surface area contributed by atoms with Gasteiger partial charge in [0.15, 0.2) is 0 Å². The number of hydrogen-bond acceptors (Lipinski definition) is 2. The molecular weight excluding hydrogens is 299 g/mol. The molecule has 0 aliphatic carbocycles. The molecule has 1 aromatic carbocycles. The van der Waals surface area contributed by atoms with Crippen molar-refractivity contribution in [3.05, 3.63) is 33.5 Å². The topological polar surface area (TPSA) is 38.9 Å². The first-order valence-corrected chi connectivity index (χ1v) is 6.02. The van der Waals surface area contributed by atoms with Crippen LogP contribution in [0.3, 0.4) is 0 Å². The first-order valence-electron chi connectivity index (χ1n) is 4.94. The van der Waals surface area contributed by atoms with Crippen LogP contribution < -0.4 is 5.73 Å². The van der Waals surface area contributed by atoms with Crippen LogP contribution in [-0.2, 0) is 0 Å². The fraction of sp³-hybridized carbons (Fsp3) is 0.250. The minimum absolute atomic E-state index is 0.397. The average molecular weight is 312 g/mol. The van der Waals surface area contributed by atoms with E-state index in [1.54, 1.807) is 0 Å². The van der Waals surface area contributed by atoms with Gasteiger partial charge in [-0.05, 0) is 40.6 Å². The van der Waals surface area contributed by atoms with E-state index in [2.05, 4.69) is 59.6 Å². The van der Waals surface area contributed by atoms with E-state index in [0.29, 0.717) is 11.7 Å². The molecule has 0 aliphatic rings. The lowest BCUT2D eigenvalue weighted by Gasteiger charge is -2.11. The van der Waals surface area contributed by atoms with Crippen molar-refractivity contribution in [2.24, 2.45) is 0 Å². The summed E-state index contributed by atoms with van der Waals surface area (Å²) in [5.41, 5.74) is 6.90. The molecule has 0 saturated heterocycles. The summed E-state index contributed by atoms with van der Waals surface area (Å²) in [6.45, 7) is 4.28. The molecule has 2 N–H and O–H groups in total. The predicted molar refractivity (Wildman–Crippen MR) is 73.0 cm³/mol. The summed E-state index contributed by atoms with van der Waals surface area (Å²) < 4.78 is 1.22. The van der Waals surface area contributed by atoms with Gasteiger partial charge in [-0.3, -0.25) is 0 Å². The Kier molecular flexibility index (Phi) is 2.82. The Hall–Kier alpha value is -0.840. The van der Waals surface area contributed by atoms with Gasteiger partial charge in [0.05, 0.1) is 5.69 Å². The summed E-state index contributed by atoms with van der Waals surface area (Å²) in [7, 11) is 0. The van der Waals surface area contributed by atoms with E-state index in [9.17, 15) is 0 Å². The van der Waals surface area contributed by atoms with Crippen LogP contribution in [0.25, 0.3) is 10.8 Å².